The molecule has 5 nitrogen and oxygen atoms in total. The van der Waals surface area contributed by atoms with Crippen LogP contribution in [0, 0.1) is 0 Å². The molecule has 0 unspecified atom stereocenters. The van der Waals surface area contributed by atoms with Crippen LogP contribution in [0.2, 0.25) is 0 Å². The summed E-state index contributed by atoms with van der Waals surface area (Å²) in [4.78, 5) is 12.0. The number of aryl methyl sites for hydroxylation is 1. The number of ketones is 1. The maximum atomic E-state index is 12.0. The van der Waals surface area contributed by atoms with Gasteiger partial charge >= 0.3 is 0 Å². The Bertz CT molecular complexity index is 629. The lowest BCUT2D eigenvalue weighted by Crippen LogP contribution is -1.97. The third-order valence-electron chi connectivity index (χ3n) is 2.73. The van der Waals surface area contributed by atoms with Gasteiger partial charge in [-0.05, 0) is 36.4 Å². The second kappa shape index (κ2) is 5.39. The van der Waals surface area contributed by atoms with Gasteiger partial charge in [0.2, 0.25) is 0 Å². The van der Waals surface area contributed by atoms with Crippen LogP contribution in [-0.2, 0) is 7.05 Å². The van der Waals surface area contributed by atoms with Gasteiger partial charge in [0.1, 0.15) is 0 Å². The van der Waals surface area contributed by atoms with Crippen molar-refractivity contribution in [1.29, 1.82) is 0 Å². The number of aromatic nitrogens is 2. The van der Waals surface area contributed by atoms with Gasteiger partial charge in [0.05, 0.1) is 12.8 Å². The highest BCUT2D eigenvalue weighted by Crippen LogP contribution is 2.26. The first-order chi connectivity index (χ1) is 9.11. The molecule has 0 amide bonds. The number of hydrogen-bond acceptors (Lipinski definition) is 4. The zero-order valence-corrected chi connectivity index (χ0v) is 10.7. The molecule has 0 bridgehead atoms. The second-order valence-electron chi connectivity index (χ2n) is 3.96. The lowest BCUT2D eigenvalue weighted by atomic mass is 10.1. The number of phenolic OH excluding ortho intramolecular Hbond substituents is 1. The van der Waals surface area contributed by atoms with Crippen LogP contribution in [0.15, 0.2) is 36.5 Å². The van der Waals surface area contributed by atoms with Crippen molar-refractivity contribution in [3.05, 3.63) is 47.8 Å². The lowest BCUT2D eigenvalue weighted by molar-refractivity contribution is 0.104. The molecule has 0 fully saturated rings. The Hall–Kier alpha value is -2.56. The predicted molar refractivity (Wildman–Crippen MR) is 71.2 cm³/mol. The molecule has 2 aromatic rings. The van der Waals surface area contributed by atoms with Gasteiger partial charge in [-0.1, -0.05) is 0 Å². The van der Waals surface area contributed by atoms with E-state index in [2.05, 4.69) is 5.10 Å². The summed E-state index contributed by atoms with van der Waals surface area (Å²) in [6, 6.07) is 6.30. The van der Waals surface area contributed by atoms with Crippen molar-refractivity contribution in [3.8, 4) is 11.5 Å². The van der Waals surface area contributed by atoms with E-state index in [1.165, 1.54) is 25.3 Å². The van der Waals surface area contributed by atoms with E-state index in [-0.39, 0.29) is 17.3 Å². The topological polar surface area (TPSA) is 64.3 Å². The van der Waals surface area contributed by atoms with Crippen LogP contribution < -0.4 is 4.74 Å². The Morgan fingerprint density at radius 2 is 2.21 bits per heavy atom. The molecule has 2 rings (SSSR count). The quantitative estimate of drug-likeness (QED) is 0.673. The van der Waals surface area contributed by atoms with Gasteiger partial charge in [-0.3, -0.25) is 9.48 Å². The number of rotatable bonds is 4. The van der Waals surface area contributed by atoms with Crippen molar-refractivity contribution in [2.75, 3.05) is 7.11 Å². The van der Waals surface area contributed by atoms with Gasteiger partial charge in [0, 0.05) is 18.8 Å². The monoisotopic (exact) mass is 258 g/mol. The first kappa shape index (κ1) is 12.9. The van der Waals surface area contributed by atoms with E-state index in [0.29, 0.717) is 5.56 Å². The largest absolute Gasteiger partial charge is 0.504 e. The average molecular weight is 258 g/mol. The molecule has 1 aromatic carbocycles. The molecule has 1 aromatic heterocycles. The molecule has 0 spiro atoms. The minimum atomic E-state index is -0.167. The Balaban J connectivity index is 2.21. The second-order valence-corrected chi connectivity index (χ2v) is 3.96. The van der Waals surface area contributed by atoms with Crippen LogP contribution in [-0.4, -0.2) is 27.8 Å². The average Bonchev–Trinajstić information content (AvgIpc) is 2.82. The number of carbonyl (C=O) groups excluding carboxylic acids is 1. The Kier molecular flexibility index (Phi) is 3.66. The van der Waals surface area contributed by atoms with E-state index in [1.54, 1.807) is 36.1 Å². The third-order valence-corrected chi connectivity index (χ3v) is 2.73. The normalized spacial score (nSPS) is 10.8. The van der Waals surface area contributed by atoms with E-state index in [1.807, 2.05) is 0 Å². The van der Waals surface area contributed by atoms with Gasteiger partial charge in [0.15, 0.2) is 17.3 Å². The van der Waals surface area contributed by atoms with E-state index >= 15 is 0 Å². The van der Waals surface area contributed by atoms with Gasteiger partial charge in [-0.25, -0.2) is 0 Å². The van der Waals surface area contributed by atoms with Crippen molar-refractivity contribution in [2.45, 2.75) is 0 Å². The van der Waals surface area contributed by atoms with Gasteiger partial charge in [-0.15, -0.1) is 0 Å². The molecule has 1 heterocycles. The number of carbonyl (C=O) groups is 1. The molecule has 0 radical (unpaired) electrons. The molecule has 0 atom stereocenters. The van der Waals surface area contributed by atoms with Gasteiger partial charge in [-0.2, -0.15) is 5.10 Å². The molecule has 0 aliphatic carbocycles. The molecule has 0 aliphatic heterocycles. The minimum Gasteiger partial charge on any atom is -0.504 e. The van der Waals surface area contributed by atoms with E-state index < -0.39 is 0 Å². The molecule has 19 heavy (non-hydrogen) atoms. The van der Waals surface area contributed by atoms with Crippen LogP contribution in [0.4, 0.5) is 0 Å². The van der Waals surface area contributed by atoms with Crippen LogP contribution in [0.25, 0.3) is 6.08 Å². The fraction of sp³-hybridized carbons (Fsp3) is 0.143. The van der Waals surface area contributed by atoms with Crippen molar-refractivity contribution >= 4 is 11.9 Å². The molecule has 0 aliphatic rings. The number of allylic oxidation sites excluding steroid dienone is 1. The van der Waals surface area contributed by atoms with Crippen molar-refractivity contribution in [3.63, 3.8) is 0 Å². The highest BCUT2D eigenvalue weighted by atomic mass is 16.5. The molecule has 5 heteroatoms. The number of benzene rings is 1. The van der Waals surface area contributed by atoms with E-state index in [9.17, 15) is 9.90 Å². The first-order valence-corrected chi connectivity index (χ1v) is 5.69. The number of hydrogen-bond donors (Lipinski definition) is 1. The molecule has 0 saturated carbocycles. The van der Waals surface area contributed by atoms with Crippen LogP contribution >= 0.6 is 0 Å². The SMILES string of the molecule is COc1cc(C(=O)/C=C/c2ccnn2C)ccc1O. The van der Waals surface area contributed by atoms with Crippen LogP contribution in [0.3, 0.4) is 0 Å². The Morgan fingerprint density at radius 1 is 1.42 bits per heavy atom. The summed E-state index contributed by atoms with van der Waals surface area (Å²) in [5.74, 6) is 0.119. The standard InChI is InChI=1S/C14H14N2O3/c1-16-11(7-8-15-16)4-6-12(17)10-3-5-13(18)14(9-10)19-2/h3-9,18H,1-2H3/b6-4+. The van der Waals surface area contributed by atoms with Gasteiger partial charge < -0.3 is 9.84 Å². The number of ether oxygens (including phenoxy) is 1. The fourth-order valence-corrected chi connectivity index (χ4v) is 1.64. The number of phenols is 1. The third kappa shape index (κ3) is 2.82. The lowest BCUT2D eigenvalue weighted by Gasteiger charge is -2.04. The minimum absolute atomic E-state index is 0.00895. The summed E-state index contributed by atoms with van der Waals surface area (Å²) >= 11 is 0. The molecule has 0 saturated heterocycles. The first-order valence-electron chi connectivity index (χ1n) is 5.69. The summed E-state index contributed by atoms with van der Waals surface area (Å²) in [6.45, 7) is 0. The zero-order valence-electron chi connectivity index (χ0n) is 10.7. The maximum Gasteiger partial charge on any atom is 0.186 e. The van der Waals surface area contributed by atoms with Crippen molar-refractivity contribution in [1.82, 2.24) is 9.78 Å². The van der Waals surface area contributed by atoms with Crippen molar-refractivity contribution in [2.24, 2.45) is 7.05 Å². The van der Waals surface area contributed by atoms with Gasteiger partial charge in [0.25, 0.3) is 0 Å². The summed E-state index contributed by atoms with van der Waals surface area (Å²) in [5.41, 5.74) is 1.28. The number of nitrogens with zero attached hydrogens (tertiary/aromatic N) is 2. The highest BCUT2D eigenvalue weighted by molar-refractivity contribution is 6.07. The summed E-state index contributed by atoms with van der Waals surface area (Å²) in [5, 5.41) is 13.5. The molecular weight excluding hydrogens is 244 g/mol. The van der Waals surface area contributed by atoms with E-state index in [0.717, 1.165) is 5.69 Å². The number of methoxy groups -OCH3 is 1. The number of aromatic hydroxyl groups is 1. The Morgan fingerprint density at radius 3 is 2.84 bits per heavy atom. The summed E-state index contributed by atoms with van der Waals surface area (Å²) in [7, 11) is 3.24. The highest BCUT2D eigenvalue weighted by Gasteiger charge is 2.07. The molecular formula is C14H14N2O3. The smallest absolute Gasteiger partial charge is 0.186 e. The molecule has 1 N–H and O–H groups in total. The zero-order chi connectivity index (χ0) is 13.8. The Labute approximate surface area is 110 Å². The van der Waals surface area contributed by atoms with E-state index in [4.69, 9.17) is 4.74 Å². The molecule has 98 valence electrons. The summed E-state index contributed by atoms with van der Waals surface area (Å²) in [6.07, 6.45) is 4.81. The van der Waals surface area contributed by atoms with Crippen LogP contribution in [0.1, 0.15) is 16.1 Å². The predicted octanol–water partition coefficient (Wildman–Crippen LogP) is 2.03. The maximum absolute atomic E-state index is 12.0. The fourth-order valence-electron chi connectivity index (χ4n) is 1.64. The summed E-state index contributed by atoms with van der Waals surface area (Å²) < 4.78 is 6.63. The van der Waals surface area contributed by atoms with Crippen LogP contribution in [0.5, 0.6) is 11.5 Å². The van der Waals surface area contributed by atoms with Crippen molar-refractivity contribution < 1.29 is 14.6 Å².